The second-order valence-corrected chi connectivity index (χ2v) is 11.1. The standard InChI is InChI=1S/C26H29ClN8O/c1-16-8-26(9-16,24-33-31-15-34(24)3)18-7-19(12-28-11-18)32-23(36)20-6-17(10-30-25(2)4-5-25)14-35-21(27)13-29-22(20)35/h6-7,11-16,30H,4-5,8-10H2,1-3H3,(H,32,36). The number of rotatable bonds is 7. The molecule has 0 spiro atoms. The van der Waals surface area contributed by atoms with Crippen LogP contribution in [0.15, 0.2) is 43.2 Å². The van der Waals surface area contributed by atoms with E-state index in [1.807, 2.05) is 36.1 Å². The lowest BCUT2D eigenvalue weighted by Crippen LogP contribution is -2.43. The molecule has 36 heavy (non-hydrogen) atoms. The molecule has 0 atom stereocenters. The molecule has 2 aliphatic rings. The maximum Gasteiger partial charge on any atom is 0.259 e. The topological polar surface area (TPSA) is 102 Å². The number of halogens is 1. The first kappa shape index (κ1) is 23.1. The van der Waals surface area contributed by atoms with Crippen molar-refractivity contribution in [1.82, 2.24) is 34.4 Å². The highest BCUT2D eigenvalue weighted by Gasteiger charge is 2.48. The zero-order valence-electron chi connectivity index (χ0n) is 20.6. The van der Waals surface area contributed by atoms with Crippen LogP contribution in [0.4, 0.5) is 5.69 Å². The Labute approximate surface area is 214 Å². The Morgan fingerprint density at radius 1 is 1.22 bits per heavy atom. The van der Waals surface area contributed by atoms with Gasteiger partial charge in [0.2, 0.25) is 0 Å². The summed E-state index contributed by atoms with van der Waals surface area (Å²) in [4.78, 5) is 22.4. The number of aryl methyl sites for hydroxylation is 1. The van der Waals surface area contributed by atoms with Gasteiger partial charge in [-0.15, -0.1) is 10.2 Å². The quantitative estimate of drug-likeness (QED) is 0.392. The van der Waals surface area contributed by atoms with E-state index in [9.17, 15) is 4.79 Å². The number of amides is 1. The van der Waals surface area contributed by atoms with Crippen LogP contribution >= 0.6 is 11.6 Å². The molecule has 0 aromatic carbocycles. The summed E-state index contributed by atoms with van der Waals surface area (Å²) < 4.78 is 3.73. The molecule has 9 nitrogen and oxygen atoms in total. The average Bonchev–Trinajstić information content (AvgIpc) is 3.23. The number of nitrogens with one attached hydrogen (secondary N) is 2. The fraction of sp³-hybridized carbons (Fsp3) is 0.423. The molecule has 4 aromatic rings. The third-order valence-electron chi connectivity index (χ3n) is 7.66. The summed E-state index contributed by atoms with van der Waals surface area (Å²) in [5, 5.41) is 15.6. The molecule has 10 heteroatoms. The highest BCUT2D eigenvalue weighted by Crippen LogP contribution is 2.51. The summed E-state index contributed by atoms with van der Waals surface area (Å²) in [6.45, 7) is 5.09. The van der Waals surface area contributed by atoms with Crippen molar-refractivity contribution >= 4 is 28.8 Å². The third kappa shape index (κ3) is 3.96. The number of aromatic nitrogens is 6. The fourth-order valence-electron chi connectivity index (χ4n) is 5.42. The summed E-state index contributed by atoms with van der Waals surface area (Å²) in [6, 6.07) is 3.89. The predicted molar refractivity (Wildman–Crippen MR) is 137 cm³/mol. The highest BCUT2D eigenvalue weighted by molar-refractivity contribution is 6.30. The van der Waals surface area contributed by atoms with E-state index in [0.717, 1.165) is 42.6 Å². The first-order chi connectivity index (χ1) is 17.3. The van der Waals surface area contributed by atoms with Crippen molar-refractivity contribution in [2.45, 2.75) is 57.0 Å². The molecule has 4 aromatic heterocycles. The minimum Gasteiger partial charge on any atom is -0.320 e. The normalized spacial score (nSPS) is 22.4. The number of anilines is 1. The van der Waals surface area contributed by atoms with Gasteiger partial charge in [-0.2, -0.15) is 0 Å². The van der Waals surface area contributed by atoms with Crippen LogP contribution in [0.1, 0.15) is 66.8 Å². The van der Waals surface area contributed by atoms with Gasteiger partial charge in [0.05, 0.1) is 29.1 Å². The summed E-state index contributed by atoms with van der Waals surface area (Å²) in [5.41, 5.74) is 3.53. The van der Waals surface area contributed by atoms with Crippen LogP contribution in [0.5, 0.6) is 0 Å². The monoisotopic (exact) mass is 504 g/mol. The van der Waals surface area contributed by atoms with E-state index in [1.54, 1.807) is 23.1 Å². The van der Waals surface area contributed by atoms with Crippen LogP contribution in [-0.4, -0.2) is 40.6 Å². The molecule has 0 aliphatic heterocycles. The molecule has 2 saturated carbocycles. The zero-order valence-corrected chi connectivity index (χ0v) is 21.4. The number of carbonyl (C=O) groups is 1. The lowest BCUT2D eigenvalue weighted by molar-refractivity contribution is 0.102. The highest BCUT2D eigenvalue weighted by atomic mass is 35.5. The molecule has 0 radical (unpaired) electrons. The summed E-state index contributed by atoms with van der Waals surface area (Å²) >= 11 is 6.38. The average molecular weight is 505 g/mol. The van der Waals surface area contributed by atoms with Gasteiger partial charge >= 0.3 is 0 Å². The van der Waals surface area contributed by atoms with Crippen molar-refractivity contribution in [2.75, 3.05) is 5.32 Å². The van der Waals surface area contributed by atoms with Gasteiger partial charge in [-0.05, 0) is 61.8 Å². The van der Waals surface area contributed by atoms with Gasteiger partial charge < -0.3 is 15.2 Å². The Morgan fingerprint density at radius 2 is 2.03 bits per heavy atom. The molecule has 2 N–H and O–H groups in total. The number of fused-ring (bicyclic) bond motifs is 1. The molecular weight excluding hydrogens is 476 g/mol. The molecule has 1 amide bonds. The Balaban J connectivity index is 1.30. The molecule has 0 unspecified atom stereocenters. The van der Waals surface area contributed by atoms with E-state index in [2.05, 4.69) is 44.6 Å². The minimum absolute atomic E-state index is 0.180. The smallest absolute Gasteiger partial charge is 0.259 e. The first-order valence-corrected chi connectivity index (χ1v) is 12.7. The van der Waals surface area contributed by atoms with Crippen molar-refractivity contribution in [3.05, 3.63) is 70.9 Å². The maximum atomic E-state index is 13.5. The zero-order chi connectivity index (χ0) is 25.1. The van der Waals surface area contributed by atoms with Gasteiger partial charge in [-0.3, -0.25) is 14.2 Å². The predicted octanol–water partition coefficient (Wildman–Crippen LogP) is 4.12. The Kier molecular flexibility index (Phi) is 5.38. The molecular formula is C26H29ClN8O. The largest absolute Gasteiger partial charge is 0.320 e. The van der Waals surface area contributed by atoms with E-state index >= 15 is 0 Å². The van der Waals surface area contributed by atoms with Crippen LogP contribution in [0.25, 0.3) is 5.65 Å². The molecule has 4 heterocycles. The van der Waals surface area contributed by atoms with Gasteiger partial charge in [-0.1, -0.05) is 18.5 Å². The van der Waals surface area contributed by atoms with E-state index in [1.165, 1.54) is 0 Å². The second-order valence-electron chi connectivity index (χ2n) is 10.7. The van der Waals surface area contributed by atoms with Crippen molar-refractivity contribution < 1.29 is 4.79 Å². The first-order valence-electron chi connectivity index (χ1n) is 12.3. The number of nitrogens with zero attached hydrogens (tertiary/aromatic N) is 6. The Morgan fingerprint density at radius 3 is 2.72 bits per heavy atom. The van der Waals surface area contributed by atoms with Gasteiger partial charge in [0.1, 0.15) is 17.3 Å². The van der Waals surface area contributed by atoms with Crippen LogP contribution < -0.4 is 10.6 Å². The molecule has 0 saturated heterocycles. The van der Waals surface area contributed by atoms with Gasteiger partial charge in [0.15, 0.2) is 5.65 Å². The van der Waals surface area contributed by atoms with Crippen molar-refractivity contribution in [3.63, 3.8) is 0 Å². The van der Waals surface area contributed by atoms with E-state index in [-0.39, 0.29) is 16.9 Å². The fourth-order valence-corrected chi connectivity index (χ4v) is 5.60. The van der Waals surface area contributed by atoms with E-state index in [4.69, 9.17) is 11.6 Å². The minimum atomic E-state index is -0.257. The van der Waals surface area contributed by atoms with Gasteiger partial charge in [0, 0.05) is 31.5 Å². The molecule has 0 bridgehead atoms. The van der Waals surface area contributed by atoms with Crippen LogP contribution in [0.3, 0.4) is 0 Å². The number of imidazole rings is 1. The molecule has 6 rings (SSSR count). The maximum absolute atomic E-state index is 13.5. The van der Waals surface area contributed by atoms with Crippen molar-refractivity contribution in [2.24, 2.45) is 13.0 Å². The lowest BCUT2D eigenvalue weighted by Gasteiger charge is -2.45. The molecule has 2 fully saturated rings. The number of pyridine rings is 2. The van der Waals surface area contributed by atoms with Crippen molar-refractivity contribution in [3.8, 4) is 0 Å². The molecule has 2 aliphatic carbocycles. The van der Waals surface area contributed by atoms with Crippen LogP contribution in [0, 0.1) is 5.92 Å². The van der Waals surface area contributed by atoms with Crippen molar-refractivity contribution in [1.29, 1.82) is 0 Å². The van der Waals surface area contributed by atoms with Crippen LogP contribution in [0.2, 0.25) is 5.15 Å². The number of carbonyl (C=O) groups excluding carboxylic acids is 1. The number of hydrogen-bond donors (Lipinski definition) is 2. The molecule has 186 valence electrons. The van der Waals surface area contributed by atoms with E-state index in [0.29, 0.717) is 34.5 Å². The van der Waals surface area contributed by atoms with Gasteiger partial charge in [-0.25, -0.2) is 4.98 Å². The Bertz CT molecular complexity index is 1460. The lowest BCUT2D eigenvalue weighted by atomic mass is 9.59. The second kappa shape index (κ2) is 8.38. The van der Waals surface area contributed by atoms with E-state index < -0.39 is 0 Å². The number of hydrogen-bond acceptors (Lipinski definition) is 6. The summed E-state index contributed by atoms with van der Waals surface area (Å²) in [5.74, 6) is 1.24. The summed E-state index contributed by atoms with van der Waals surface area (Å²) in [7, 11) is 1.96. The Hall–Kier alpha value is -3.30. The third-order valence-corrected chi connectivity index (χ3v) is 7.94. The van der Waals surface area contributed by atoms with Crippen LogP contribution in [-0.2, 0) is 19.0 Å². The SMILES string of the molecule is CC1CC(c2cncc(NC(=O)c3cc(CNC4(C)CC4)cn4c(Cl)cnc34)c2)(c2nncn2C)C1. The van der Waals surface area contributed by atoms with Gasteiger partial charge in [0.25, 0.3) is 5.91 Å². The summed E-state index contributed by atoms with van der Waals surface area (Å²) in [6.07, 6.45) is 13.0.